The lowest BCUT2D eigenvalue weighted by atomic mass is 10.2. The van der Waals surface area contributed by atoms with Gasteiger partial charge in [-0.3, -0.25) is 9.89 Å². The van der Waals surface area contributed by atoms with Crippen LogP contribution in [0, 0.1) is 0 Å². The van der Waals surface area contributed by atoms with Crippen molar-refractivity contribution in [2.75, 3.05) is 7.11 Å². The molecule has 0 bridgehead atoms. The number of nitrogens with zero attached hydrogens (tertiary/aromatic N) is 2. The van der Waals surface area contributed by atoms with Crippen LogP contribution >= 0.6 is 0 Å². The lowest BCUT2D eigenvalue weighted by Gasteiger charge is -1.99. The van der Waals surface area contributed by atoms with Gasteiger partial charge in [0.1, 0.15) is 5.69 Å². The summed E-state index contributed by atoms with van der Waals surface area (Å²) in [6.07, 6.45) is 1.60. The molecule has 2 rings (SSSR count). The monoisotopic (exact) mass is 191 g/mol. The van der Waals surface area contributed by atoms with Crippen molar-refractivity contribution in [3.05, 3.63) is 18.0 Å². The number of fused-ring (bicyclic) bond motifs is 1. The van der Waals surface area contributed by atoms with E-state index in [9.17, 15) is 4.79 Å². The van der Waals surface area contributed by atoms with Gasteiger partial charge in [0.05, 0.1) is 18.0 Å². The molecule has 0 aliphatic heterocycles. The largest absolute Gasteiger partial charge is 0.480 e. The van der Waals surface area contributed by atoms with Crippen molar-refractivity contribution in [2.45, 2.75) is 6.92 Å². The number of H-pyrrole nitrogens is 1. The summed E-state index contributed by atoms with van der Waals surface area (Å²) in [5, 5.41) is 7.30. The third-order valence-electron chi connectivity index (χ3n) is 1.97. The van der Waals surface area contributed by atoms with E-state index in [1.807, 2.05) is 0 Å². The zero-order chi connectivity index (χ0) is 10.1. The van der Waals surface area contributed by atoms with Crippen LogP contribution < -0.4 is 4.74 Å². The fraction of sp³-hybridized carbons (Fsp3) is 0.222. The van der Waals surface area contributed by atoms with Gasteiger partial charge in [-0.2, -0.15) is 5.10 Å². The first-order valence-electron chi connectivity index (χ1n) is 4.12. The van der Waals surface area contributed by atoms with E-state index >= 15 is 0 Å². The fourth-order valence-electron chi connectivity index (χ4n) is 1.35. The Bertz CT molecular complexity index is 490. The van der Waals surface area contributed by atoms with Crippen LogP contribution in [-0.4, -0.2) is 28.1 Å². The maximum absolute atomic E-state index is 11.2. The molecule has 5 heteroatoms. The number of aromatic nitrogens is 3. The Morgan fingerprint density at radius 2 is 2.36 bits per heavy atom. The maximum Gasteiger partial charge on any atom is 0.225 e. The number of pyridine rings is 1. The third-order valence-corrected chi connectivity index (χ3v) is 1.97. The number of rotatable bonds is 2. The van der Waals surface area contributed by atoms with Gasteiger partial charge < -0.3 is 4.74 Å². The highest BCUT2D eigenvalue weighted by molar-refractivity contribution is 6.06. The summed E-state index contributed by atoms with van der Waals surface area (Å²) in [5.74, 6) is 0.309. The lowest BCUT2D eigenvalue weighted by molar-refractivity contribution is 0.101. The highest BCUT2D eigenvalue weighted by Crippen LogP contribution is 2.24. The first-order chi connectivity index (χ1) is 6.74. The Morgan fingerprint density at radius 3 is 3.00 bits per heavy atom. The van der Waals surface area contributed by atoms with Crippen molar-refractivity contribution in [3.63, 3.8) is 0 Å². The molecule has 2 heterocycles. The Balaban J connectivity index is 2.81. The molecule has 0 spiro atoms. The normalized spacial score (nSPS) is 10.4. The summed E-state index contributed by atoms with van der Waals surface area (Å²) in [6.45, 7) is 1.46. The second-order valence-electron chi connectivity index (χ2n) is 2.87. The van der Waals surface area contributed by atoms with E-state index in [2.05, 4.69) is 15.2 Å². The molecule has 5 nitrogen and oxygen atoms in total. The Kier molecular flexibility index (Phi) is 1.92. The van der Waals surface area contributed by atoms with Gasteiger partial charge in [-0.15, -0.1) is 0 Å². The predicted octanol–water partition coefficient (Wildman–Crippen LogP) is 1.17. The number of ketones is 1. The smallest absolute Gasteiger partial charge is 0.225 e. The first kappa shape index (κ1) is 8.68. The van der Waals surface area contributed by atoms with Gasteiger partial charge in [0, 0.05) is 13.1 Å². The van der Waals surface area contributed by atoms with E-state index in [0.717, 1.165) is 5.52 Å². The molecular formula is C9H9N3O2. The number of carbonyl (C=O) groups is 1. The number of carbonyl (C=O) groups excluding carboxylic acids is 1. The SMILES string of the molecule is COc1nccc2[nH]nc(C(C)=O)c12. The predicted molar refractivity (Wildman–Crippen MR) is 50.4 cm³/mol. The minimum absolute atomic E-state index is 0.109. The summed E-state index contributed by atoms with van der Waals surface area (Å²) >= 11 is 0. The molecule has 2 aromatic heterocycles. The molecule has 0 amide bonds. The number of nitrogens with one attached hydrogen (secondary N) is 1. The molecule has 0 atom stereocenters. The van der Waals surface area contributed by atoms with Crippen LogP contribution in [0.25, 0.3) is 10.9 Å². The third kappa shape index (κ3) is 1.14. The van der Waals surface area contributed by atoms with Crippen LogP contribution in [0.15, 0.2) is 12.3 Å². The van der Waals surface area contributed by atoms with Crippen molar-refractivity contribution in [2.24, 2.45) is 0 Å². The first-order valence-corrected chi connectivity index (χ1v) is 4.12. The fourth-order valence-corrected chi connectivity index (χ4v) is 1.35. The van der Waals surface area contributed by atoms with Gasteiger partial charge in [0.15, 0.2) is 5.78 Å². The van der Waals surface area contributed by atoms with Crippen molar-refractivity contribution < 1.29 is 9.53 Å². The molecule has 0 saturated heterocycles. The molecule has 2 aromatic rings. The topological polar surface area (TPSA) is 67.9 Å². The number of hydrogen-bond acceptors (Lipinski definition) is 4. The molecule has 0 aromatic carbocycles. The van der Waals surface area contributed by atoms with Crippen molar-refractivity contribution in [1.29, 1.82) is 0 Å². The van der Waals surface area contributed by atoms with Gasteiger partial charge in [-0.25, -0.2) is 4.98 Å². The van der Waals surface area contributed by atoms with E-state index in [-0.39, 0.29) is 5.78 Å². The van der Waals surface area contributed by atoms with E-state index in [1.54, 1.807) is 12.3 Å². The molecule has 0 aliphatic carbocycles. The number of ether oxygens (including phenoxy) is 1. The molecule has 1 N–H and O–H groups in total. The quantitative estimate of drug-likeness (QED) is 0.723. The zero-order valence-electron chi connectivity index (χ0n) is 7.87. The summed E-state index contributed by atoms with van der Waals surface area (Å²) in [6, 6.07) is 1.75. The molecule has 0 saturated carbocycles. The Hall–Kier alpha value is -1.91. The number of Topliss-reactive ketones (excluding diaryl/α,β-unsaturated/α-hetero) is 1. The highest BCUT2D eigenvalue weighted by atomic mass is 16.5. The van der Waals surface area contributed by atoms with E-state index in [4.69, 9.17) is 4.74 Å². The molecular weight excluding hydrogens is 182 g/mol. The number of aromatic amines is 1. The number of methoxy groups -OCH3 is 1. The van der Waals surface area contributed by atoms with Gasteiger partial charge in [-0.1, -0.05) is 0 Å². The zero-order valence-corrected chi connectivity index (χ0v) is 7.87. The van der Waals surface area contributed by atoms with Crippen LogP contribution in [0.3, 0.4) is 0 Å². The summed E-state index contributed by atoms with van der Waals surface area (Å²) < 4.78 is 5.05. The molecule has 0 fully saturated rings. The van der Waals surface area contributed by atoms with Gasteiger partial charge >= 0.3 is 0 Å². The van der Waals surface area contributed by atoms with Gasteiger partial charge in [0.25, 0.3) is 0 Å². The van der Waals surface area contributed by atoms with Crippen molar-refractivity contribution >= 4 is 16.7 Å². The van der Waals surface area contributed by atoms with E-state index < -0.39 is 0 Å². The second-order valence-corrected chi connectivity index (χ2v) is 2.87. The lowest BCUT2D eigenvalue weighted by Crippen LogP contribution is -1.95. The number of hydrogen-bond donors (Lipinski definition) is 1. The minimum Gasteiger partial charge on any atom is -0.480 e. The molecule has 0 radical (unpaired) electrons. The van der Waals surface area contributed by atoms with Crippen LogP contribution in [0.4, 0.5) is 0 Å². The average molecular weight is 191 g/mol. The molecule has 72 valence electrons. The second kappa shape index (κ2) is 3.10. The molecule has 14 heavy (non-hydrogen) atoms. The average Bonchev–Trinajstić information content (AvgIpc) is 2.60. The van der Waals surface area contributed by atoms with Gasteiger partial charge in [-0.05, 0) is 6.07 Å². The Morgan fingerprint density at radius 1 is 1.57 bits per heavy atom. The Labute approximate surface area is 80.1 Å². The van der Waals surface area contributed by atoms with Crippen molar-refractivity contribution in [3.8, 4) is 5.88 Å². The summed E-state index contributed by atoms with van der Waals surface area (Å²) in [7, 11) is 1.51. The summed E-state index contributed by atoms with van der Waals surface area (Å²) in [4.78, 5) is 15.2. The summed E-state index contributed by atoms with van der Waals surface area (Å²) in [5.41, 5.74) is 1.12. The molecule has 0 unspecified atom stereocenters. The standard InChI is InChI=1S/C9H9N3O2/c1-5(13)8-7-6(11-12-8)3-4-10-9(7)14-2/h3-4H,1-2H3,(H,11,12). The van der Waals surface area contributed by atoms with Crippen LogP contribution in [-0.2, 0) is 0 Å². The van der Waals surface area contributed by atoms with E-state index in [0.29, 0.717) is 17.0 Å². The minimum atomic E-state index is -0.109. The van der Waals surface area contributed by atoms with E-state index in [1.165, 1.54) is 14.0 Å². The maximum atomic E-state index is 11.2. The molecule has 0 aliphatic rings. The van der Waals surface area contributed by atoms with Crippen LogP contribution in [0.5, 0.6) is 5.88 Å². The van der Waals surface area contributed by atoms with Crippen LogP contribution in [0.2, 0.25) is 0 Å². The van der Waals surface area contributed by atoms with Crippen LogP contribution in [0.1, 0.15) is 17.4 Å². The van der Waals surface area contributed by atoms with Crippen molar-refractivity contribution in [1.82, 2.24) is 15.2 Å². The van der Waals surface area contributed by atoms with Gasteiger partial charge in [0.2, 0.25) is 5.88 Å². The highest BCUT2D eigenvalue weighted by Gasteiger charge is 2.14.